The summed E-state index contributed by atoms with van der Waals surface area (Å²) in [6.45, 7) is 3.39. The largest absolute Gasteiger partial charge is 0.346 e. The molecule has 0 spiro atoms. The van der Waals surface area contributed by atoms with Gasteiger partial charge in [-0.3, -0.25) is 5.21 Å². The van der Waals surface area contributed by atoms with E-state index in [1.165, 1.54) is 29.8 Å². The van der Waals surface area contributed by atoms with Gasteiger partial charge in [-0.2, -0.15) is 5.06 Å². The number of hydroxylamine groups is 1. The van der Waals surface area contributed by atoms with Gasteiger partial charge in [0.05, 0.1) is 22.4 Å². The lowest BCUT2D eigenvalue weighted by molar-refractivity contribution is 0.202. The standard InChI is InChI=1S/C28H27N3O4S/c1-19(26-8-4-6-21-5-2-3-7-27(21)26)30-28(32)31(33)24-11-13-25(14-12-24)36(34,35)18-20-9-10-22-16-29-17-23(22)15-20/h2-15,19,29,33H,16-18H2,1H3,(H,30,32). The molecule has 4 aromatic rings. The minimum Gasteiger partial charge on any atom is -0.329 e. The number of urea groups is 1. The van der Waals surface area contributed by atoms with E-state index in [1.54, 1.807) is 0 Å². The summed E-state index contributed by atoms with van der Waals surface area (Å²) in [7, 11) is -3.59. The number of fused-ring (bicyclic) bond motifs is 2. The highest BCUT2D eigenvalue weighted by molar-refractivity contribution is 7.90. The maximum absolute atomic E-state index is 13.0. The number of carbonyl (C=O) groups is 1. The second-order valence-corrected chi connectivity index (χ2v) is 11.0. The van der Waals surface area contributed by atoms with Gasteiger partial charge in [0.1, 0.15) is 0 Å². The van der Waals surface area contributed by atoms with E-state index in [0.717, 1.165) is 40.6 Å². The van der Waals surface area contributed by atoms with Crippen LogP contribution < -0.4 is 15.7 Å². The average molecular weight is 502 g/mol. The van der Waals surface area contributed by atoms with Crippen LogP contribution in [-0.4, -0.2) is 19.7 Å². The molecule has 2 amide bonds. The fourth-order valence-corrected chi connectivity index (χ4v) is 5.94. The zero-order valence-corrected chi connectivity index (χ0v) is 20.6. The molecule has 1 unspecified atom stereocenters. The second-order valence-electron chi connectivity index (χ2n) is 9.01. The zero-order valence-electron chi connectivity index (χ0n) is 19.8. The first-order valence-electron chi connectivity index (χ1n) is 11.7. The van der Waals surface area contributed by atoms with E-state index in [4.69, 9.17) is 0 Å². The molecule has 4 aromatic carbocycles. The molecule has 0 aromatic heterocycles. The van der Waals surface area contributed by atoms with Gasteiger partial charge in [-0.05, 0) is 64.2 Å². The molecule has 1 atom stereocenters. The molecule has 1 aliphatic rings. The fourth-order valence-electron chi connectivity index (χ4n) is 4.60. The molecule has 36 heavy (non-hydrogen) atoms. The van der Waals surface area contributed by atoms with Crippen LogP contribution in [0.5, 0.6) is 0 Å². The maximum Gasteiger partial charge on any atom is 0.346 e. The Morgan fingerprint density at radius 3 is 2.50 bits per heavy atom. The van der Waals surface area contributed by atoms with Crippen molar-refractivity contribution in [1.82, 2.24) is 10.6 Å². The van der Waals surface area contributed by atoms with Crippen LogP contribution in [0, 0.1) is 0 Å². The number of rotatable bonds is 6. The first-order valence-corrected chi connectivity index (χ1v) is 13.4. The van der Waals surface area contributed by atoms with Crippen molar-refractivity contribution in [3.63, 3.8) is 0 Å². The normalized spacial score (nSPS) is 13.8. The third kappa shape index (κ3) is 4.83. The summed E-state index contributed by atoms with van der Waals surface area (Å²) in [6, 6.07) is 24.1. The van der Waals surface area contributed by atoms with Crippen LogP contribution in [0.4, 0.5) is 10.5 Å². The molecule has 1 aliphatic heterocycles. The highest BCUT2D eigenvalue weighted by Crippen LogP contribution is 2.26. The Balaban J connectivity index is 1.27. The maximum atomic E-state index is 13.0. The predicted octanol–water partition coefficient (Wildman–Crippen LogP) is 5.08. The number of amides is 2. The number of nitrogens with zero attached hydrogens (tertiary/aromatic N) is 1. The molecule has 3 N–H and O–H groups in total. The van der Waals surface area contributed by atoms with Gasteiger partial charge in [0.25, 0.3) is 0 Å². The lowest BCUT2D eigenvalue weighted by atomic mass is 10.00. The van der Waals surface area contributed by atoms with Crippen LogP contribution in [0.15, 0.2) is 89.8 Å². The van der Waals surface area contributed by atoms with E-state index < -0.39 is 15.9 Å². The van der Waals surface area contributed by atoms with Crippen molar-refractivity contribution in [2.24, 2.45) is 0 Å². The van der Waals surface area contributed by atoms with Gasteiger partial charge >= 0.3 is 6.03 Å². The molecule has 0 aliphatic carbocycles. The SMILES string of the molecule is CC(NC(=O)N(O)c1ccc(S(=O)(=O)Cc2ccc3c(c2)CNC3)cc1)c1cccc2ccccc12. The Morgan fingerprint density at radius 1 is 0.972 bits per heavy atom. The highest BCUT2D eigenvalue weighted by atomic mass is 32.2. The summed E-state index contributed by atoms with van der Waals surface area (Å²) in [6.07, 6.45) is 0. The van der Waals surface area contributed by atoms with Crippen LogP contribution in [-0.2, 0) is 28.7 Å². The van der Waals surface area contributed by atoms with Gasteiger partial charge in [0.2, 0.25) is 0 Å². The van der Waals surface area contributed by atoms with Crippen molar-refractivity contribution in [2.75, 3.05) is 5.06 Å². The number of anilines is 1. The minimum absolute atomic E-state index is 0.120. The molecule has 0 fully saturated rings. The van der Waals surface area contributed by atoms with Gasteiger partial charge in [-0.1, -0.05) is 60.7 Å². The van der Waals surface area contributed by atoms with Crippen LogP contribution in [0.1, 0.15) is 35.2 Å². The van der Waals surface area contributed by atoms with E-state index in [-0.39, 0.29) is 22.4 Å². The number of carbonyl (C=O) groups excluding carboxylic acids is 1. The average Bonchev–Trinajstić information content (AvgIpc) is 3.35. The van der Waals surface area contributed by atoms with Gasteiger partial charge < -0.3 is 10.6 Å². The smallest absolute Gasteiger partial charge is 0.329 e. The van der Waals surface area contributed by atoms with E-state index in [1.807, 2.05) is 67.6 Å². The first kappa shape index (κ1) is 24.0. The monoisotopic (exact) mass is 501 g/mol. The molecular weight excluding hydrogens is 474 g/mol. The predicted molar refractivity (Wildman–Crippen MR) is 139 cm³/mol. The highest BCUT2D eigenvalue weighted by Gasteiger charge is 2.21. The summed E-state index contributed by atoms with van der Waals surface area (Å²) < 4.78 is 25.9. The van der Waals surface area contributed by atoms with Crippen molar-refractivity contribution < 1.29 is 18.4 Å². The van der Waals surface area contributed by atoms with E-state index >= 15 is 0 Å². The van der Waals surface area contributed by atoms with Crippen molar-refractivity contribution in [2.45, 2.75) is 36.7 Å². The zero-order chi connectivity index (χ0) is 25.3. The van der Waals surface area contributed by atoms with Gasteiger partial charge in [-0.15, -0.1) is 0 Å². The van der Waals surface area contributed by atoms with E-state index in [2.05, 4.69) is 10.6 Å². The molecule has 0 radical (unpaired) electrons. The Bertz CT molecular complexity index is 1530. The molecular formula is C28H27N3O4S. The van der Waals surface area contributed by atoms with Crippen LogP contribution in [0.3, 0.4) is 0 Å². The summed E-state index contributed by atoms with van der Waals surface area (Å²) >= 11 is 0. The summed E-state index contributed by atoms with van der Waals surface area (Å²) in [5.74, 6) is -0.120. The first-order chi connectivity index (χ1) is 17.3. The summed E-state index contributed by atoms with van der Waals surface area (Å²) in [5, 5.41) is 19.1. The van der Waals surface area contributed by atoms with Gasteiger partial charge in [-0.25, -0.2) is 13.2 Å². The van der Waals surface area contributed by atoms with Crippen LogP contribution >= 0.6 is 0 Å². The lowest BCUT2D eigenvalue weighted by Gasteiger charge is -2.21. The van der Waals surface area contributed by atoms with Gasteiger partial charge in [0.15, 0.2) is 9.84 Å². The molecule has 184 valence electrons. The molecule has 8 heteroatoms. The van der Waals surface area contributed by atoms with E-state index in [9.17, 15) is 18.4 Å². The number of nitrogens with one attached hydrogen (secondary N) is 2. The molecule has 5 rings (SSSR count). The Kier molecular flexibility index (Phi) is 6.49. The Morgan fingerprint density at radius 2 is 1.69 bits per heavy atom. The van der Waals surface area contributed by atoms with E-state index in [0.29, 0.717) is 5.06 Å². The third-order valence-electron chi connectivity index (χ3n) is 6.52. The molecule has 0 bridgehead atoms. The number of hydrogen-bond acceptors (Lipinski definition) is 5. The number of benzene rings is 4. The topological polar surface area (TPSA) is 98.7 Å². The lowest BCUT2D eigenvalue weighted by Crippen LogP contribution is -2.39. The Labute approximate surface area is 210 Å². The quantitative estimate of drug-likeness (QED) is 0.253. The number of hydrogen-bond donors (Lipinski definition) is 3. The van der Waals surface area contributed by atoms with Gasteiger partial charge in [0, 0.05) is 13.1 Å². The van der Waals surface area contributed by atoms with Crippen molar-refractivity contribution in [1.29, 1.82) is 0 Å². The molecule has 0 saturated carbocycles. The second kappa shape index (κ2) is 9.73. The van der Waals surface area contributed by atoms with Crippen molar-refractivity contribution >= 4 is 32.3 Å². The molecule has 1 heterocycles. The van der Waals surface area contributed by atoms with Crippen LogP contribution in [0.2, 0.25) is 0 Å². The summed E-state index contributed by atoms with van der Waals surface area (Å²) in [5.41, 5.74) is 4.14. The van der Waals surface area contributed by atoms with Crippen molar-refractivity contribution in [3.05, 3.63) is 107 Å². The fraction of sp³-hybridized carbons (Fsp3) is 0.179. The number of sulfone groups is 1. The molecule has 7 nitrogen and oxygen atoms in total. The summed E-state index contributed by atoms with van der Waals surface area (Å²) in [4.78, 5) is 12.8. The van der Waals surface area contributed by atoms with Crippen molar-refractivity contribution in [3.8, 4) is 0 Å². The van der Waals surface area contributed by atoms with Crippen LogP contribution in [0.25, 0.3) is 10.8 Å². The minimum atomic E-state index is -3.59. The molecule has 0 saturated heterocycles. The third-order valence-corrected chi connectivity index (χ3v) is 8.22. The Hall–Kier alpha value is -3.72.